The van der Waals surface area contributed by atoms with Crippen LogP contribution in [0.5, 0.6) is 0 Å². The van der Waals surface area contributed by atoms with Crippen molar-refractivity contribution < 1.29 is 0 Å². The van der Waals surface area contributed by atoms with Crippen LogP contribution in [0.25, 0.3) is 0 Å². The van der Waals surface area contributed by atoms with E-state index in [1.165, 1.54) is 0 Å². The van der Waals surface area contributed by atoms with Gasteiger partial charge in [-0.25, -0.2) is 0 Å². The van der Waals surface area contributed by atoms with Crippen LogP contribution in [-0.2, 0) is 0 Å². The van der Waals surface area contributed by atoms with Gasteiger partial charge in [-0.15, -0.1) is 0 Å². The van der Waals surface area contributed by atoms with Crippen molar-refractivity contribution in [3.8, 4) is 12.1 Å². The first-order valence-corrected chi connectivity index (χ1v) is 5.06. The van der Waals surface area contributed by atoms with Gasteiger partial charge in [-0.2, -0.15) is 10.5 Å². The molecule has 0 aromatic heterocycles. The number of hydrogen-bond acceptors (Lipinski definition) is 5. The summed E-state index contributed by atoms with van der Waals surface area (Å²) in [6, 6.07) is 3.70. The molecular formula is C10H19N5. The van der Waals surface area contributed by atoms with E-state index in [-0.39, 0.29) is 23.9 Å². The lowest BCUT2D eigenvalue weighted by atomic mass is 9.89. The normalized spacial score (nSPS) is 18.3. The van der Waals surface area contributed by atoms with Gasteiger partial charge in [-0.05, 0) is 13.8 Å². The van der Waals surface area contributed by atoms with Gasteiger partial charge in [-0.3, -0.25) is 0 Å². The van der Waals surface area contributed by atoms with E-state index < -0.39 is 0 Å². The summed E-state index contributed by atoms with van der Waals surface area (Å²) in [6.07, 6.45) is 0. The third-order valence-electron chi connectivity index (χ3n) is 2.46. The van der Waals surface area contributed by atoms with Gasteiger partial charge < -0.3 is 16.8 Å². The van der Waals surface area contributed by atoms with E-state index >= 15 is 0 Å². The summed E-state index contributed by atoms with van der Waals surface area (Å²) >= 11 is 0. The van der Waals surface area contributed by atoms with Crippen molar-refractivity contribution >= 4 is 0 Å². The summed E-state index contributed by atoms with van der Waals surface area (Å²) in [5.74, 6) is -0.515. The summed E-state index contributed by atoms with van der Waals surface area (Å²) < 4.78 is 0. The topological polar surface area (TPSA) is 112 Å². The molecule has 0 aliphatic carbocycles. The number of hydrogen-bond donors (Lipinski definition) is 3. The van der Waals surface area contributed by atoms with Gasteiger partial charge in [0.15, 0.2) is 0 Å². The predicted octanol–water partition coefficient (Wildman–Crippen LogP) is -0.450. The molecule has 15 heavy (non-hydrogen) atoms. The highest BCUT2D eigenvalue weighted by Crippen LogP contribution is 2.11. The number of nitriles is 2. The Balaban J connectivity index is 4.49. The zero-order valence-corrected chi connectivity index (χ0v) is 9.27. The van der Waals surface area contributed by atoms with Gasteiger partial charge >= 0.3 is 0 Å². The molecule has 0 aliphatic heterocycles. The Bertz CT molecular complexity index is 252. The van der Waals surface area contributed by atoms with E-state index in [0.29, 0.717) is 13.1 Å². The van der Waals surface area contributed by atoms with Crippen molar-refractivity contribution in [2.75, 3.05) is 13.1 Å². The lowest BCUT2D eigenvalue weighted by Crippen LogP contribution is -2.52. The summed E-state index contributed by atoms with van der Waals surface area (Å²) in [5.41, 5.74) is 11.3. The lowest BCUT2D eigenvalue weighted by Gasteiger charge is -2.28. The molecule has 4 unspecified atom stereocenters. The molecule has 0 heterocycles. The Morgan fingerprint density at radius 2 is 1.73 bits per heavy atom. The molecule has 0 aliphatic rings. The van der Waals surface area contributed by atoms with Crippen molar-refractivity contribution in [1.29, 1.82) is 10.5 Å². The lowest BCUT2D eigenvalue weighted by molar-refractivity contribution is 0.335. The summed E-state index contributed by atoms with van der Waals surface area (Å²) in [4.78, 5) is 0. The largest absolute Gasteiger partial charge is 0.329 e. The van der Waals surface area contributed by atoms with Gasteiger partial charge in [0.05, 0.1) is 24.0 Å². The number of nitrogens with two attached hydrogens (primary N) is 2. The highest BCUT2D eigenvalue weighted by atomic mass is 15.0. The third-order valence-corrected chi connectivity index (χ3v) is 2.46. The van der Waals surface area contributed by atoms with Gasteiger partial charge in [0.1, 0.15) is 0 Å². The van der Waals surface area contributed by atoms with Crippen LogP contribution in [0.15, 0.2) is 0 Å². The van der Waals surface area contributed by atoms with Crippen LogP contribution < -0.4 is 16.8 Å². The standard InChI is InChI=1S/C10H19N5/c1-7(5-12)9(14)10(8(2)6-13)15-4-3-11/h7-10,15H,3-4,11,14H2,1-2H3. The second-order valence-corrected chi connectivity index (χ2v) is 3.68. The van der Waals surface area contributed by atoms with Gasteiger partial charge in [-0.1, -0.05) is 0 Å². The average molecular weight is 209 g/mol. The van der Waals surface area contributed by atoms with E-state index in [9.17, 15) is 0 Å². The molecule has 4 atom stereocenters. The SMILES string of the molecule is CC(C#N)C(N)C(NCCN)C(C)C#N. The maximum atomic E-state index is 8.85. The molecule has 0 saturated carbocycles. The van der Waals surface area contributed by atoms with E-state index in [2.05, 4.69) is 17.5 Å². The number of nitrogens with zero attached hydrogens (tertiary/aromatic N) is 2. The first-order valence-electron chi connectivity index (χ1n) is 5.06. The monoisotopic (exact) mass is 209 g/mol. The molecule has 0 rings (SSSR count). The minimum Gasteiger partial charge on any atom is -0.329 e. The second kappa shape index (κ2) is 7.19. The molecule has 0 radical (unpaired) electrons. The Hall–Kier alpha value is -1.14. The Kier molecular flexibility index (Phi) is 6.64. The minimum absolute atomic E-state index is 0.187. The van der Waals surface area contributed by atoms with E-state index in [1.54, 1.807) is 13.8 Å². The summed E-state index contributed by atoms with van der Waals surface area (Å²) in [5, 5.41) is 20.7. The Morgan fingerprint density at radius 1 is 1.20 bits per heavy atom. The maximum absolute atomic E-state index is 8.85. The Morgan fingerprint density at radius 3 is 2.13 bits per heavy atom. The summed E-state index contributed by atoms with van der Waals surface area (Å²) in [7, 11) is 0. The predicted molar refractivity (Wildman–Crippen MR) is 58.4 cm³/mol. The molecule has 0 aromatic rings. The molecule has 84 valence electrons. The number of rotatable bonds is 6. The van der Waals surface area contributed by atoms with Crippen LogP contribution in [0, 0.1) is 34.5 Å². The summed E-state index contributed by atoms with van der Waals surface area (Å²) in [6.45, 7) is 4.63. The second-order valence-electron chi connectivity index (χ2n) is 3.68. The quantitative estimate of drug-likeness (QED) is 0.548. The molecule has 0 bridgehead atoms. The van der Waals surface area contributed by atoms with Crippen LogP contribution >= 0.6 is 0 Å². The van der Waals surface area contributed by atoms with Crippen LogP contribution in [0.1, 0.15) is 13.8 Å². The fourth-order valence-corrected chi connectivity index (χ4v) is 1.37. The molecule has 0 amide bonds. The molecule has 0 fully saturated rings. The highest BCUT2D eigenvalue weighted by molar-refractivity contribution is 5.00. The average Bonchev–Trinajstić information content (AvgIpc) is 2.27. The smallest absolute Gasteiger partial charge is 0.0669 e. The molecule has 0 aromatic carbocycles. The minimum atomic E-state index is -0.351. The maximum Gasteiger partial charge on any atom is 0.0669 e. The number of nitrogens with one attached hydrogen (secondary N) is 1. The molecule has 0 saturated heterocycles. The van der Waals surface area contributed by atoms with Crippen molar-refractivity contribution in [2.24, 2.45) is 23.3 Å². The van der Waals surface area contributed by atoms with E-state index in [4.69, 9.17) is 22.0 Å². The van der Waals surface area contributed by atoms with Gasteiger partial charge in [0.2, 0.25) is 0 Å². The highest BCUT2D eigenvalue weighted by Gasteiger charge is 2.27. The van der Waals surface area contributed by atoms with Crippen molar-refractivity contribution in [2.45, 2.75) is 25.9 Å². The molecule has 5 nitrogen and oxygen atoms in total. The van der Waals surface area contributed by atoms with E-state index in [1.807, 2.05) is 0 Å². The van der Waals surface area contributed by atoms with Crippen molar-refractivity contribution in [1.82, 2.24) is 5.32 Å². The fourth-order valence-electron chi connectivity index (χ4n) is 1.37. The fraction of sp³-hybridized carbons (Fsp3) is 0.800. The third kappa shape index (κ3) is 4.26. The zero-order chi connectivity index (χ0) is 11.8. The van der Waals surface area contributed by atoms with Crippen molar-refractivity contribution in [3.63, 3.8) is 0 Å². The molecule has 0 spiro atoms. The van der Waals surface area contributed by atoms with Gasteiger partial charge in [0.25, 0.3) is 0 Å². The van der Waals surface area contributed by atoms with Crippen LogP contribution in [0.3, 0.4) is 0 Å². The van der Waals surface area contributed by atoms with Gasteiger partial charge in [0, 0.05) is 25.2 Å². The first-order chi connectivity index (χ1) is 7.08. The van der Waals surface area contributed by atoms with Crippen LogP contribution in [0.4, 0.5) is 0 Å². The van der Waals surface area contributed by atoms with Crippen LogP contribution in [-0.4, -0.2) is 25.2 Å². The van der Waals surface area contributed by atoms with E-state index in [0.717, 1.165) is 0 Å². The molecular weight excluding hydrogens is 190 g/mol. The first kappa shape index (κ1) is 13.9. The van der Waals surface area contributed by atoms with Crippen molar-refractivity contribution in [3.05, 3.63) is 0 Å². The van der Waals surface area contributed by atoms with Crippen LogP contribution in [0.2, 0.25) is 0 Å². The Labute approximate surface area is 91.0 Å². The molecule has 5 N–H and O–H groups in total. The molecule has 5 heteroatoms. The zero-order valence-electron chi connectivity index (χ0n) is 9.27.